The molecule has 1 aliphatic heterocycles. The fourth-order valence-corrected chi connectivity index (χ4v) is 2.47. The Kier molecular flexibility index (Phi) is 2.82. The maximum absolute atomic E-state index is 2.50. The standard InChI is InChI=1S/C11H23N/c1-9-10(11(2,3)4)7-6-8-12(9)5/h9-10H,6-8H2,1-5H3/t9-,10-/m1/s1. The van der Waals surface area contributed by atoms with Gasteiger partial charge in [0.25, 0.3) is 0 Å². The molecular weight excluding hydrogens is 146 g/mol. The van der Waals surface area contributed by atoms with Gasteiger partial charge in [-0.3, -0.25) is 0 Å². The van der Waals surface area contributed by atoms with E-state index in [2.05, 4.69) is 39.6 Å². The Hall–Kier alpha value is -0.0400. The molecule has 0 N–H and O–H groups in total. The van der Waals surface area contributed by atoms with Crippen LogP contribution in [0.1, 0.15) is 40.5 Å². The van der Waals surface area contributed by atoms with Gasteiger partial charge in [-0.25, -0.2) is 0 Å². The van der Waals surface area contributed by atoms with Gasteiger partial charge in [-0.05, 0) is 44.7 Å². The quantitative estimate of drug-likeness (QED) is 0.539. The lowest BCUT2D eigenvalue weighted by molar-refractivity contribution is 0.0596. The maximum Gasteiger partial charge on any atom is 0.00971 e. The molecule has 0 unspecified atom stereocenters. The Bertz CT molecular complexity index is 146. The minimum atomic E-state index is 0.480. The van der Waals surface area contributed by atoms with Crippen LogP contribution >= 0.6 is 0 Å². The van der Waals surface area contributed by atoms with E-state index in [9.17, 15) is 0 Å². The van der Waals surface area contributed by atoms with Crippen molar-refractivity contribution in [1.29, 1.82) is 0 Å². The fraction of sp³-hybridized carbons (Fsp3) is 1.00. The third kappa shape index (κ3) is 2.01. The molecule has 1 saturated heterocycles. The lowest BCUT2D eigenvalue weighted by atomic mass is 9.72. The van der Waals surface area contributed by atoms with Crippen molar-refractivity contribution in [1.82, 2.24) is 4.90 Å². The van der Waals surface area contributed by atoms with Crippen LogP contribution in [0.25, 0.3) is 0 Å². The monoisotopic (exact) mass is 169 g/mol. The van der Waals surface area contributed by atoms with E-state index in [0.29, 0.717) is 5.41 Å². The summed E-state index contributed by atoms with van der Waals surface area (Å²) in [6, 6.07) is 0.763. The summed E-state index contributed by atoms with van der Waals surface area (Å²) in [6.45, 7) is 10.8. The van der Waals surface area contributed by atoms with Crippen LogP contribution in [0.5, 0.6) is 0 Å². The van der Waals surface area contributed by atoms with Gasteiger partial charge in [-0.1, -0.05) is 20.8 Å². The van der Waals surface area contributed by atoms with Gasteiger partial charge in [-0.2, -0.15) is 0 Å². The second-order valence-electron chi connectivity index (χ2n) is 5.34. The summed E-state index contributed by atoms with van der Waals surface area (Å²) in [5, 5.41) is 0. The predicted octanol–water partition coefficient (Wildman–Crippen LogP) is 2.76. The van der Waals surface area contributed by atoms with E-state index < -0.39 is 0 Å². The molecule has 2 atom stereocenters. The van der Waals surface area contributed by atoms with Gasteiger partial charge in [0, 0.05) is 6.04 Å². The highest BCUT2D eigenvalue weighted by molar-refractivity contribution is 4.86. The summed E-state index contributed by atoms with van der Waals surface area (Å²) >= 11 is 0. The van der Waals surface area contributed by atoms with Crippen LogP contribution in [0.3, 0.4) is 0 Å². The van der Waals surface area contributed by atoms with E-state index in [1.54, 1.807) is 0 Å². The topological polar surface area (TPSA) is 3.24 Å². The number of likely N-dealkylation sites (tertiary alicyclic amines) is 1. The summed E-state index contributed by atoms with van der Waals surface area (Å²) in [4.78, 5) is 2.50. The minimum absolute atomic E-state index is 0.480. The molecule has 1 aliphatic rings. The molecule has 1 rings (SSSR count). The highest BCUT2D eigenvalue weighted by Gasteiger charge is 2.33. The van der Waals surface area contributed by atoms with Gasteiger partial charge >= 0.3 is 0 Å². The molecule has 1 heteroatoms. The fourth-order valence-electron chi connectivity index (χ4n) is 2.47. The van der Waals surface area contributed by atoms with Crippen molar-refractivity contribution in [3.63, 3.8) is 0 Å². The molecular formula is C11H23N. The molecule has 1 nitrogen and oxygen atoms in total. The Morgan fingerprint density at radius 3 is 2.25 bits per heavy atom. The van der Waals surface area contributed by atoms with Crippen molar-refractivity contribution in [2.45, 2.75) is 46.6 Å². The zero-order valence-corrected chi connectivity index (χ0v) is 9.22. The Morgan fingerprint density at radius 2 is 1.83 bits per heavy atom. The van der Waals surface area contributed by atoms with Gasteiger partial charge < -0.3 is 4.90 Å². The molecule has 72 valence electrons. The van der Waals surface area contributed by atoms with Gasteiger partial charge in [0.1, 0.15) is 0 Å². The van der Waals surface area contributed by atoms with Crippen LogP contribution < -0.4 is 0 Å². The predicted molar refractivity (Wildman–Crippen MR) is 54.3 cm³/mol. The molecule has 0 radical (unpaired) electrons. The highest BCUT2D eigenvalue weighted by Crippen LogP contribution is 2.36. The smallest absolute Gasteiger partial charge is 0.00971 e. The van der Waals surface area contributed by atoms with Crippen molar-refractivity contribution in [3.05, 3.63) is 0 Å². The second kappa shape index (κ2) is 3.37. The van der Waals surface area contributed by atoms with Crippen molar-refractivity contribution in [3.8, 4) is 0 Å². The molecule has 0 saturated carbocycles. The van der Waals surface area contributed by atoms with Gasteiger partial charge in [0.05, 0.1) is 0 Å². The molecule has 0 bridgehead atoms. The zero-order valence-electron chi connectivity index (χ0n) is 9.22. The lowest BCUT2D eigenvalue weighted by Gasteiger charge is -2.43. The summed E-state index contributed by atoms with van der Waals surface area (Å²) < 4.78 is 0. The third-order valence-corrected chi connectivity index (χ3v) is 3.42. The van der Waals surface area contributed by atoms with Crippen LogP contribution in [0, 0.1) is 11.3 Å². The van der Waals surface area contributed by atoms with E-state index in [4.69, 9.17) is 0 Å². The molecule has 0 aromatic rings. The first-order chi connectivity index (χ1) is 5.43. The van der Waals surface area contributed by atoms with E-state index in [-0.39, 0.29) is 0 Å². The summed E-state index contributed by atoms with van der Waals surface area (Å²) in [5.74, 6) is 0.872. The maximum atomic E-state index is 2.50. The molecule has 12 heavy (non-hydrogen) atoms. The SMILES string of the molecule is C[C@@H]1[C@H](C(C)(C)C)CCCN1C. The molecule has 0 spiro atoms. The number of piperidine rings is 1. The lowest BCUT2D eigenvalue weighted by Crippen LogP contribution is -2.45. The average molecular weight is 169 g/mol. The first-order valence-electron chi connectivity index (χ1n) is 5.13. The molecule has 1 fully saturated rings. The molecule has 1 heterocycles. The summed E-state index contributed by atoms with van der Waals surface area (Å²) in [7, 11) is 2.25. The molecule has 0 aliphatic carbocycles. The van der Waals surface area contributed by atoms with Crippen LogP contribution in [0.15, 0.2) is 0 Å². The molecule has 0 amide bonds. The van der Waals surface area contributed by atoms with E-state index in [1.165, 1.54) is 19.4 Å². The Morgan fingerprint density at radius 1 is 1.25 bits per heavy atom. The van der Waals surface area contributed by atoms with Crippen molar-refractivity contribution in [2.75, 3.05) is 13.6 Å². The number of hydrogen-bond acceptors (Lipinski definition) is 1. The van der Waals surface area contributed by atoms with Crippen molar-refractivity contribution >= 4 is 0 Å². The summed E-state index contributed by atoms with van der Waals surface area (Å²) in [6.07, 6.45) is 2.79. The van der Waals surface area contributed by atoms with Gasteiger partial charge in [0.15, 0.2) is 0 Å². The Balaban J connectivity index is 2.64. The molecule has 0 aromatic carbocycles. The minimum Gasteiger partial charge on any atom is -0.303 e. The first kappa shape index (κ1) is 10.0. The second-order valence-corrected chi connectivity index (χ2v) is 5.34. The Labute approximate surface area is 77.1 Å². The van der Waals surface area contributed by atoms with E-state index in [0.717, 1.165) is 12.0 Å². The van der Waals surface area contributed by atoms with Crippen molar-refractivity contribution < 1.29 is 0 Å². The number of nitrogens with zero attached hydrogens (tertiary/aromatic N) is 1. The summed E-state index contributed by atoms with van der Waals surface area (Å²) in [5.41, 5.74) is 0.480. The van der Waals surface area contributed by atoms with Gasteiger partial charge in [0.2, 0.25) is 0 Å². The number of rotatable bonds is 0. The van der Waals surface area contributed by atoms with Crippen LogP contribution in [0.2, 0.25) is 0 Å². The van der Waals surface area contributed by atoms with Crippen molar-refractivity contribution in [2.24, 2.45) is 11.3 Å². The van der Waals surface area contributed by atoms with Crippen LogP contribution in [-0.2, 0) is 0 Å². The highest BCUT2D eigenvalue weighted by atomic mass is 15.1. The van der Waals surface area contributed by atoms with Gasteiger partial charge in [-0.15, -0.1) is 0 Å². The third-order valence-electron chi connectivity index (χ3n) is 3.42. The zero-order chi connectivity index (χ0) is 9.35. The van der Waals surface area contributed by atoms with Crippen LogP contribution in [-0.4, -0.2) is 24.5 Å². The number of hydrogen-bond donors (Lipinski definition) is 0. The largest absolute Gasteiger partial charge is 0.303 e. The average Bonchev–Trinajstić information content (AvgIpc) is 1.92. The van der Waals surface area contributed by atoms with E-state index >= 15 is 0 Å². The molecule has 0 aromatic heterocycles. The normalized spacial score (nSPS) is 33.8. The van der Waals surface area contributed by atoms with Crippen LogP contribution in [0.4, 0.5) is 0 Å². The van der Waals surface area contributed by atoms with E-state index in [1.807, 2.05) is 0 Å². The first-order valence-corrected chi connectivity index (χ1v) is 5.13.